The molecule has 102 valence electrons. The van der Waals surface area contributed by atoms with Gasteiger partial charge in [0, 0.05) is 19.1 Å². The molecule has 1 rings (SSSR count). The monoisotopic (exact) mass is 264 g/mol. The Morgan fingerprint density at radius 2 is 2.12 bits per heavy atom. The van der Waals surface area contributed by atoms with Gasteiger partial charge in [-0.05, 0) is 33.9 Å². The molecule has 0 saturated carbocycles. The number of hydrogen-bond acceptors (Lipinski definition) is 5. The normalized spacial score (nSPS) is 27.9. The van der Waals surface area contributed by atoms with Gasteiger partial charge in [-0.2, -0.15) is 0 Å². The van der Waals surface area contributed by atoms with E-state index in [0.29, 0.717) is 18.8 Å². The Morgan fingerprint density at radius 3 is 2.65 bits per heavy atom. The zero-order valence-electron chi connectivity index (χ0n) is 10.9. The van der Waals surface area contributed by atoms with Crippen LogP contribution >= 0.6 is 0 Å². The Kier molecular flexibility index (Phi) is 4.95. The summed E-state index contributed by atoms with van der Waals surface area (Å²) < 4.78 is 22.9. The molecule has 1 saturated heterocycles. The van der Waals surface area contributed by atoms with E-state index in [0.717, 1.165) is 12.8 Å². The van der Waals surface area contributed by atoms with E-state index >= 15 is 0 Å². The van der Waals surface area contributed by atoms with Gasteiger partial charge in [-0.25, -0.2) is 8.42 Å². The molecule has 5 nitrogen and oxygen atoms in total. The van der Waals surface area contributed by atoms with Crippen LogP contribution < -0.4 is 5.32 Å². The molecule has 1 heterocycles. The number of nitrogens with zero attached hydrogens (tertiary/aromatic N) is 1. The van der Waals surface area contributed by atoms with E-state index in [2.05, 4.69) is 5.32 Å². The second-order valence-electron chi connectivity index (χ2n) is 5.57. The average Bonchev–Trinajstić information content (AvgIpc) is 2.11. The van der Waals surface area contributed by atoms with Crippen LogP contribution in [-0.4, -0.2) is 68.8 Å². The van der Waals surface area contributed by atoms with Gasteiger partial charge in [0.2, 0.25) is 0 Å². The summed E-state index contributed by atoms with van der Waals surface area (Å²) in [4.78, 5) is 1.92. The van der Waals surface area contributed by atoms with Crippen molar-refractivity contribution >= 4 is 9.84 Å². The average molecular weight is 264 g/mol. The molecule has 2 atom stereocenters. The van der Waals surface area contributed by atoms with Gasteiger partial charge < -0.3 is 15.3 Å². The molecule has 2 unspecified atom stereocenters. The first kappa shape index (κ1) is 14.9. The third-order valence-electron chi connectivity index (χ3n) is 2.89. The van der Waals surface area contributed by atoms with Crippen molar-refractivity contribution in [3.05, 3.63) is 0 Å². The molecule has 1 fully saturated rings. The van der Waals surface area contributed by atoms with Crippen LogP contribution in [0.5, 0.6) is 0 Å². The summed E-state index contributed by atoms with van der Waals surface area (Å²) in [5, 5.41) is 13.3. The number of likely N-dealkylation sites (N-methyl/N-ethyl adjacent to an activating group) is 1. The maximum absolute atomic E-state index is 11.5. The zero-order chi connectivity index (χ0) is 13.1. The number of hydrogen-bond donors (Lipinski definition) is 2. The van der Waals surface area contributed by atoms with Gasteiger partial charge in [-0.3, -0.25) is 0 Å². The lowest BCUT2D eigenvalue weighted by molar-refractivity contribution is 0.0315. The van der Waals surface area contributed by atoms with Crippen LogP contribution in [0.1, 0.15) is 19.8 Å². The van der Waals surface area contributed by atoms with Gasteiger partial charge in [0.1, 0.15) is 0 Å². The molecule has 0 radical (unpaired) electrons. The van der Waals surface area contributed by atoms with Crippen LogP contribution in [-0.2, 0) is 9.84 Å². The van der Waals surface area contributed by atoms with Crippen LogP contribution in [0.15, 0.2) is 0 Å². The fourth-order valence-electron chi connectivity index (χ4n) is 2.29. The molecule has 6 heteroatoms. The highest BCUT2D eigenvalue weighted by Crippen LogP contribution is 2.13. The van der Waals surface area contributed by atoms with Crippen LogP contribution in [0.4, 0.5) is 0 Å². The second-order valence-corrected chi connectivity index (χ2v) is 7.80. The van der Waals surface area contributed by atoms with E-state index in [4.69, 9.17) is 0 Å². The van der Waals surface area contributed by atoms with E-state index in [1.54, 1.807) is 6.92 Å². The summed E-state index contributed by atoms with van der Waals surface area (Å²) in [6.07, 6.45) is 1.59. The first-order valence-electron chi connectivity index (χ1n) is 6.01. The fourth-order valence-corrected chi connectivity index (χ4v) is 3.96. The molecule has 0 amide bonds. The molecule has 1 aliphatic heterocycles. The molecule has 1 aliphatic rings. The van der Waals surface area contributed by atoms with Crippen LogP contribution in [0.2, 0.25) is 0 Å². The topological polar surface area (TPSA) is 69.6 Å². The SMILES string of the molecule is CN(C)CC(C)(O)CNC1CCCS(=O)(=O)C1. The predicted octanol–water partition coefficient (Wildman–Crippen LogP) is -0.534. The minimum atomic E-state index is -2.88. The van der Waals surface area contributed by atoms with Crippen molar-refractivity contribution in [1.29, 1.82) is 0 Å². The number of nitrogens with one attached hydrogen (secondary N) is 1. The number of rotatable bonds is 5. The highest BCUT2D eigenvalue weighted by atomic mass is 32.2. The molecule has 2 N–H and O–H groups in total. The van der Waals surface area contributed by atoms with E-state index in [9.17, 15) is 13.5 Å². The quantitative estimate of drug-likeness (QED) is 0.698. The molecule has 0 aromatic rings. The van der Waals surface area contributed by atoms with Gasteiger partial charge >= 0.3 is 0 Å². The van der Waals surface area contributed by atoms with Gasteiger partial charge in [-0.15, -0.1) is 0 Å². The summed E-state index contributed by atoms with van der Waals surface area (Å²) >= 11 is 0. The molecule has 0 spiro atoms. The molecule has 0 aromatic heterocycles. The molecule has 0 aliphatic carbocycles. The summed E-state index contributed by atoms with van der Waals surface area (Å²) in [6.45, 7) is 2.74. The summed E-state index contributed by atoms with van der Waals surface area (Å²) in [5.74, 6) is 0.504. The highest BCUT2D eigenvalue weighted by Gasteiger charge is 2.27. The Hall–Kier alpha value is -0.170. The number of aliphatic hydroxyl groups is 1. The molecular formula is C11H24N2O3S. The maximum atomic E-state index is 11.5. The molecule has 0 bridgehead atoms. The van der Waals surface area contributed by atoms with Crippen molar-refractivity contribution in [1.82, 2.24) is 10.2 Å². The highest BCUT2D eigenvalue weighted by molar-refractivity contribution is 7.91. The fraction of sp³-hybridized carbons (Fsp3) is 1.00. The van der Waals surface area contributed by atoms with Gasteiger partial charge in [0.05, 0.1) is 17.1 Å². The Labute approximate surface area is 104 Å². The minimum absolute atomic E-state index is 0.0117. The lowest BCUT2D eigenvalue weighted by Crippen LogP contribution is -2.50. The van der Waals surface area contributed by atoms with Crippen molar-refractivity contribution in [2.24, 2.45) is 0 Å². The largest absolute Gasteiger partial charge is 0.388 e. The molecular weight excluding hydrogens is 240 g/mol. The lowest BCUT2D eigenvalue weighted by Gasteiger charge is -2.31. The molecule has 0 aromatic carbocycles. The van der Waals surface area contributed by atoms with E-state index < -0.39 is 15.4 Å². The standard InChI is InChI=1S/C11H24N2O3S/c1-11(14,9-13(2)3)8-12-10-5-4-6-17(15,16)7-10/h10,12,14H,4-9H2,1-3H3. The summed E-state index contributed by atoms with van der Waals surface area (Å²) in [6, 6.07) is -0.0117. The summed E-state index contributed by atoms with van der Waals surface area (Å²) in [7, 11) is 0.927. The van der Waals surface area contributed by atoms with Crippen molar-refractivity contribution < 1.29 is 13.5 Å². The van der Waals surface area contributed by atoms with Crippen molar-refractivity contribution in [2.45, 2.75) is 31.4 Å². The minimum Gasteiger partial charge on any atom is -0.388 e. The third-order valence-corrected chi connectivity index (χ3v) is 4.71. The van der Waals surface area contributed by atoms with Gasteiger partial charge in [0.25, 0.3) is 0 Å². The second kappa shape index (κ2) is 5.65. The number of sulfone groups is 1. The summed E-state index contributed by atoms with van der Waals surface area (Å²) in [5.41, 5.74) is -0.829. The first-order chi connectivity index (χ1) is 7.70. The van der Waals surface area contributed by atoms with Crippen molar-refractivity contribution in [2.75, 3.05) is 38.7 Å². The first-order valence-corrected chi connectivity index (χ1v) is 7.83. The van der Waals surface area contributed by atoms with Gasteiger partial charge in [-0.1, -0.05) is 0 Å². The Balaban J connectivity index is 2.40. The van der Waals surface area contributed by atoms with E-state index in [1.165, 1.54) is 0 Å². The van der Waals surface area contributed by atoms with Crippen LogP contribution in [0, 0.1) is 0 Å². The molecule has 17 heavy (non-hydrogen) atoms. The third kappa shape index (κ3) is 5.81. The van der Waals surface area contributed by atoms with Crippen LogP contribution in [0.25, 0.3) is 0 Å². The lowest BCUT2D eigenvalue weighted by atomic mass is 10.1. The smallest absolute Gasteiger partial charge is 0.151 e. The van der Waals surface area contributed by atoms with E-state index in [1.807, 2.05) is 19.0 Å². The van der Waals surface area contributed by atoms with Crippen molar-refractivity contribution in [3.63, 3.8) is 0 Å². The predicted molar refractivity (Wildman–Crippen MR) is 68.9 cm³/mol. The van der Waals surface area contributed by atoms with Crippen molar-refractivity contribution in [3.8, 4) is 0 Å². The van der Waals surface area contributed by atoms with Gasteiger partial charge in [0.15, 0.2) is 9.84 Å². The Morgan fingerprint density at radius 1 is 1.47 bits per heavy atom. The van der Waals surface area contributed by atoms with Crippen LogP contribution in [0.3, 0.4) is 0 Å². The maximum Gasteiger partial charge on any atom is 0.151 e. The zero-order valence-corrected chi connectivity index (χ0v) is 11.8. The Bertz CT molecular complexity index is 339. The van der Waals surface area contributed by atoms with E-state index in [-0.39, 0.29) is 11.8 Å².